The highest BCUT2D eigenvalue weighted by Gasteiger charge is 2.48. The number of rotatable bonds is 40. The van der Waals surface area contributed by atoms with E-state index in [2.05, 4.69) is 54.5 Å². The van der Waals surface area contributed by atoms with E-state index in [1.807, 2.05) is 0 Å². The Hall–Kier alpha value is -1.68. The normalized spacial score (nSPS) is 20.7. The second-order valence-corrected chi connectivity index (χ2v) is 17.0. The lowest BCUT2D eigenvalue weighted by molar-refractivity contribution is -0.301. The summed E-state index contributed by atoms with van der Waals surface area (Å²) in [6, 6.07) is 0. The molecular formula is C46H84O12S. The average molecular weight is 861 g/mol. The van der Waals surface area contributed by atoms with Gasteiger partial charge in [-0.3, -0.25) is 9.35 Å². The summed E-state index contributed by atoms with van der Waals surface area (Å²) in [4.78, 5) is 12.9. The van der Waals surface area contributed by atoms with Gasteiger partial charge in [0.05, 0.1) is 19.8 Å². The zero-order chi connectivity index (χ0) is 43.2. The van der Waals surface area contributed by atoms with Gasteiger partial charge >= 0.3 is 16.4 Å². The average Bonchev–Trinajstić information content (AvgIpc) is 3.20. The fraction of sp³-hybridized carbons (Fsp3) is 0.848. The molecule has 0 aromatic carbocycles. The largest absolute Gasteiger partial charge is 0.457 e. The molecule has 0 bridgehead atoms. The van der Waals surface area contributed by atoms with E-state index in [9.17, 15) is 28.5 Å². The van der Waals surface area contributed by atoms with Crippen LogP contribution in [0.4, 0.5) is 0 Å². The van der Waals surface area contributed by atoms with Gasteiger partial charge in [0, 0.05) is 13.0 Å². The number of aliphatic hydroxyl groups excluding tert-OH is 3. The molecule has 1 aliphatic heterocycles. The highest BCUT2D eigenvalue weighted by atomic mass is 32.3. The Balaban J connectivity index is 2.42. The number of esters is 1. The van der Waals surface area contributed by atoms with Crippen LogP contribution >= 0.6 is 0 Å². The summed E-state index contributed by atoms with van der Waals surface area (Å²) in [5.41, 5.74) is 0. The maximum atomic E-state index is 12.9. The van der Waals surface area contributed by atoms with Gasteiger partial charge < -0.3 is 34.3 Å². The van der Waals surface area contributed by atoms with Crippen molar-refractivity contribution in [2.24, 2.45) is 0 Å². The molecule has 1 rings (SSSR count). The molecule has 6 unspecified atom stereocenters. The van der Waals surface area contributed by atoms with Crippen molar-refractivity contribution in [3.8, 4) is 0 Å². The summed E-state index contributed by atoms with van der Waals surface area (Å²) in [6.07, 6.45) is 34.5. The number of hydrogen-bond acceptors (Lipinski definition) is 11. The summed E-state index contributed by atoms with van der Waals surface area (Å²) in [6.45, 7) is 3.95. The minimum atomic E-state index is -5.06. The van der Waals surface area contributed by atoms with Gasteiger partial charge in [-0.15, -0.1) is 0 Å². The number of aliphatic hydroxyl groups is 3. The third-order valence-corrected chi connectivity index (χ3v) is 11.0. The predicted molar refractivity (Wildman–Crippen MR) is 234 cm³/mol. The topological polar surface area (TPSA) is 178 Å². The van der Waals surface area contributed by atoms with Crippen molar-refractivity contribution < 1.29 is 56.2 Å². The van der Waals surface area contributed by atoms with Gasteiger partial charge in [0.25, 0.3) is 0 Å². The van der Waals surface area contributed by atoms with Crippen molar-refractivity contribution in [3.63, 3.8) is 0 Å². The zero-order valence-corrected chi connectivity index (χ0v) is 37.6. The first kappa shape index (κ1) is 55.3. The number of unbranched alkanes of at least 4 members (excludes halogenated alkanes) is 21. The van der Waals surface area contributed by atoms with Crippen LogP contribution in [-0.4, -0.2) is 97.5 Å². The molecule has 0 aromatic heterocycles. The fourth-order valence-corrected chi connectivity index (χ4v) is 7.48. The Morgan fingerprint density at radius 2 is 1.12 bits per heavy atom. The summed E-state index contributed by atoms with van der Waals surface area (Å²) in [5.74, 6) is -0.410. The van der Waals surface area contributed by atoms with Crippen molar-refractivity contribution in [1.82, 2.24) is 0 Å². The number of carbonyl (C=O) groups is 1. The molecule has 1 fully saturated rings. The molecule has 4 N–H and O–H groups in total. The van der Waals surface area contributed by atoms with E-state index < -0.39 is 59.8 Å². The second kappa shape index (κ2) is 38.0. The Morgan fingerprint density at radius 3 is 1.66 bits per heavy atom. The van der Waals surface area contributed by atoms with Crippen LogP contribution in [0.3, 0.4) is 0 Å². The number of hydrogen-bond donors (Lipinski definition) is 4. The number of carbonyl (C=O) groups excluding carboxylic acids is 1. The summed E-state index contributed by atoms with van der Waals surface area (Å²) in [7, 11) is -5.06. The molecule has 13 heteroatoms. The zero-order valence-electron chi connectivity index (χ0n) is 36.8. The number of ether oxygens (including phenoxy) is 4. The fourth-order valence-electron chi connectivity index (χ4n) is 6.97. The lowest BCUT2D eigenvalue weighted by Crippen LogP contribution is -2.60. The van der Waals surface area contributed by atoms with Crippen LogP contribution < -0.4 is 0 Å². The van der Waals surface area contributed by atoms with Gasteiger partial charge in [-0.2, -0.15) is 8.42 Å². The molecular weight excluding hydrogens is 777 g/mol. The summed E-state index contributed by atoms with van der Waals surface area (Å²) < 4.78 is 59.0. The van der Waals surface area contributed by atoms with Crippen LogP contribution in [0.25, 0.3) is 0 Å². The van der Waals surface area contributed by atoms with E-state index >= 15 is 0 Å². The van der Waals surface area contributed by atoms with E-state index in [1.165, 1.54) is 89.9 Å². The minimum Gasteiger partial charge on any atom is -0.457 e. The van der Waals surface area contributed by atoms with Crippen molar-refractivity contribution in [3.05, 3.63) is 36.5 Å². The van der Waals surface area contributed by atoms with Crippen molar-refractivity contribution in [1.29, 1.82) is 0 Å². The van der Waals surface area contributed by atoms with E-state index in [-0.39, 0.29) is 19.6 Å². The lowest BCUT2D eigenvalue weighted by atomic mass is 9.99. The van der Waals surface area contributed by atoms with Crippen LogP contribution in [-0.2, 0) is 38.3 Å². The van der Waals surface area contributed by atoms with Crippen molar-refractivity contribution in [2.75, 3.05) is 26.4 Å². The molecule has 346 valence electrons. The highest BCUT2D eigenvalue weighted by molar-refractivity contribution is 7.80. The molecule has 59 heavy (non-hydrogen) atoms. The van der Waals surface area contributed by atoms with E-state index in [1.54, 1.807) is 0 Å². The first-order valence-electron chi connectivity index (χ1n) is 23.2. The minimum absolute atomic E-state index is 0.0328. The van der Waals surface area contributed by atoms with Gasteiger partial charge in [0.15, 0.2) is 6.29 Å². The molecule has 12 nitrogen and oxygen atoms in total. The molecule has 0 radical (unpaired) electrons. The van der Waals surface area contributed by atoms with Gasteiger partial charge in [0.2, 0.25) is 0 Å². The molecule has 1 heterocycles. The number of allylic oxidation sites excluding steroid dienone is 6. The van der Waals surface area contributed by atoms with Crippen LogP contribution in [0.15, 0.2) is 36.5 Å². The molecule has 0 saturated carbocycles. The SMILES string of the molecule is CCCCC/C=C\C/C=C\C/C=C\CCCCCCCCC(=O)OC(COCCCCCCCCCCCCCCC)COC1OC(CO)C(O)C(OS(=O)(=O)O)C1O. The van der Waals surface area contributed by atoms with Gasteiger partial charge in [-0.1, -0.05) is 166 Å². The Kier molecular flexibility index (Phi) is 35.7. The Morgan fingerprint density at radius 1 is 0.644 bits per heavy atom. The summed E-state index contributed by atoms with van der Waals surface area (Å²) in [5, 5.41) is 30.7. The van der Waals surface area contributed by atoms with Crippen LogP contribution in [0, 0.1) is 0 Å². The standard InChI is InChI=1S/C46H84O12S/c1-3-5-7-9-11-13-15-17-18-19-20-21-22-23-25-27-29-31-33-35-42(48)56-40(38-54-36-34-32-30-28-26-24-16-14-12-10-8-6-4-2)39-55-46-44(50)45(58-59(51,52)53)43(49)41(37-47)57-46/h11,13,17-18,20-21,40-41,43-47,49-50H,3-10,12,14-16,19,22-39H2,1-2H3,(H,51,52,53)/b13-11-,18-17-,21-20-. The molecule has 1 saturated heterocycles. The molecule has 6 atom stereocenters. The molecule has 0 aromatic rings. The molecule has 0 amide bonds. The van der Waals surface area contributed by atoms with E-state index in [4.69, 9.17) is 23.5 Å². The van der Waals surface area contributed by atoms with Crippen LogP contribution in [0.2, 0.25) is 0 Å². The van der Waals surface area contributed by atoms with Gasteiger partial charge in [0.1, 0.15) is 30.5 Å². The lowest BCUT2D eigenvalue weighted by Gasteiger charge is -2.41. The first-order chi connectivity index (χ1) is 28.6. The first-order valence-corrected chi connectivity index (χ1v) is 24.6. The quantitative estimate of drug-likeness (QED) is 0.0199. The third-order valence-electron chi connectivity index (χ3n) is 10.5. The molecule has 0 aliphatic carbocycles. The van der Waals surface area contributed by atoms with E-state index in [0.29, 0.717) is 13.0 Å². The van der Waals surface area contributed by atoms with Gasteiger partial charge in [-0.25, -0.2) is 4.18 Å². The molecule has 0 spiro atoms. The molecule has 1 aliphatic rings. The third kappa shape index (κ3) is 31.8. The van der Waals surface area contributed by atoms with Crippen molar-refractivity contribution >= 4 is 16.4 Å². The maximum absolute atomic E-state index is 12.9. The van der Waals surface area contributed by atoms with Crippen LogP contribution in [0.1, 0.15) is 187 Å². The summed E-state index contributed by atoms with van der Waals surface area (Å²) >= 11 is 0. The smallest absolute Gasteiger partial charge is 0.397 e. The maximum Gasteiger partial charge on any atom is 0.397 e. The second-order valence-electron chi connectivity index (χ2n) is 16.0. The van der Waals surface area contributed by atoms with Crippen molar-refractivity contribution in [2.45, 2.75) is 224 Å². The predicted octanol–water partition coefficient (Wildman–Crippen LogP) is 9.80. The Bertz CT molecular complexity index is 1180. The van der Waals surface area contributed by atoms with Gasteiger partial charge in [-0.05, 0) is 51.4 Å². The van der Waals surface area contributed by atoms with Crippen LogP contribution in [0.5, 0.6) is 0 Å². The van der Waals surface area contributed by atoms with E-state index in [0.717, 1.165) is 70.6 Å². The Labute approximate surface area is 358 Å². The monoisotopic (exact) mass is 861 g/mol. The highest BCUT2D eigenvalue weighted by Crippen LogP contribution is 2.26.